The van der Waals surface area contributed by atoms with Gasteiger partial charge >= 0.3 is 5.97 Å². The van der Waals surface area contributed by atoms with Crippen LogP contribution in [0.3, 0.4) is 0 Å². The summed E-state index contributed by atoms with van der Waals surface area (Å²) in [4.78, 5) is 21.7. The maximum Gasteiger partial charge on any atom is 0.306 e. The van der Waals surface area contributed by atoms with Crippen LogP contribution in [0.4, 0.5) is 5.13 Å². The van der Waals surface area contributed by atoms with E-state index in [4.69, 9.17) is 14.5 Å². The Labute approximate surface area is 247 Å². The zero-order chi connectivity index (χ0) is 28.7. The molecule has 1 aromatic heterocycles. The van der Waals surface area contributed by atoms with Crippen molar-refractivity contribution in [1.82, 2.24) is 9.88 Å². The molecule has 3 aromatic rings. The Kier molecular flexibility index (Phi) is 7.83. The van der Waals surface area contributed by atoms with Gasteiger partial charge in [0, 0.05) is 43.2 Å². The van der Waals surface area contributed by atoms with Crippen molar-refractivity contribution in [2.75, 3.05) is 44.3 Å². The number of carboxylic acid groups (broad SMARTS) is 1. The van der Waals surface area contributed by atoms with Gasteiger partial charge in [0.1, 0.15) is 12.4 Å². The molecule has 0 amide bonds. The third kappa shape index (κ3) is 5.62. The number of hydrogen-bond donors (Lipinski definition) is 1. The number of hydrogen-bond acceptors (Lipinski definition) is 7. The molecule has 1 aliphatic carbocycles. The molecule has 0 spiro atoms. The zero-order valence-electron chi connectivity index (χ0n) is 24.6. The van der Waals surface area contributed by atoms with Gasteiger partial charge in [0.15, 0.2) is 5.13 Å². The van der Waals surface area contributed by atoms with Crippen LogP contribution >= 0.6 is 11.3 Å². The molecule has 0 radical (unpaired) electrons. The lowest BCUT2D eigenvalue weighted by molar-refractivity contribution is -0.143. The second-order valence-electron chi connectivity index (χ2n) is 12.4. The average Bonchev–Trinajstić information content (AvgIpc) is 3.66. The Balaban J connectivity index is 1.16. The highest BCUT2D eigenvalue weighted by molar-refractivity contribution is 7.14. The van der Waals surface area contributed by atoms with Crippen LogP contribution in [0.15, 0.2) is 41.8 Å². The number of thiazole rings is 1. The molecule has 6 rings (SSSR count). The average molecular weight is 576 g/mol. The van der Waals surface area contributed by atoms with Crippen molar-refractivity contribution in [1.29, 1.82) is 0 Å². The van der Waals surface area contributed by atoms with Crippen LogP contribution in [0.2, 0.25) is 0 Å². The van der Waals surface area contributed by atoms with E-state index in [2.05, 4.69) is 73.2 Å². The van der Waals surface area contributed by atoms with Gasteiger partial charge < -0.3 is 19.5 Å². The van der Waals surface area contributed by atoms with E-state index in [-0.39, 0.29) is 17.3 Å². The van der Waals surface area contributed by atoms with Gasteiger partial charge in [-0.05, 0) is 73.8 Å². The molecule has 4 unspecified atom stereocenters. The maximum atomic E-state index is 11.8. The number of benzene rings is 2. The van der Waals surface area contributed by atoms with Gasteiger partial charge in [-0.15, -0.1) is 11.3 Å². The molecule has 2 saturated heterocycles. The molecule has 4 atom stereocenters. The lowest BCUT2D eigenvalue weighted by atomic mass is 9.80. The number of ether oxygens (including phenoxy) is 2. The Bertz CT molecular complexity index is 1420. The van der Waals surface area contributed by atoms with E-state index in [0.29, 0.717) is 12.6 Å². The third-order valence-electron chi connectivity index (χ3n) is 9.69. The summed E-state index contributed by atoms with van der Waals surface area (Å²) in [5.74, 6) is 0.102. The number of nitrogens with zero attached hydrogens (tertiary/aromatic N) is 3. The van der Waals surface area contributed by atoms with Crippen LogP contribution in [0.5, 0.6) is 5.75 Å². The number of aryl methyl sites for hydroxylation is 2. The van der Waals surface area contributed by atoms with Gasteiger partial charge in [-0.1, -0.05) is 36.8 Å². The molecule has 1 saturated carbocycles. The molecule has 1 N–H and O–H groups in total. The van der Waals surface area contributed by atoms with E-state index in [9.17, 15) is 9.90 Å². The molecular weight excluding hydrogens is 534 g/mol. The van der Waals surface area contributed by atoms with Gasteiger partial charge in [0.25, 0.3) is 0 Å². The minimum Gasteiger partial charge on any atom is -0.488 e. The largest absolute Gasteiger partial charge is 0.488 e. The summed E-state index contributed by atoms with van der Waals surface area (Å²) in [6.07, 6.45) is 1.75. The van der Waals surface area contributed by atoms with E-state index in [1.807, 2.05) is 6.07 Å². The van der Waals surface area contributed by atoms with Crippen molar-refractivity contribution >= 4 is 22.4 Å². The van der Waals surface area contributed by atoms with Crippen molar-refractivity contribution in [3.05, 3.63) is 64.0 Å². The zero-order valence-corrected chi connectivity index (χ0v) is 25.4. The first-order chi connectivity index (χ1) is 19.7. The number of carboxylic acids is 1. The maximum absolute atomic E-state index is 11.8. The van der Waals surface area contributed by atoms with Gasteiger partial charge in [0.2, 0.25) is 0 Å². The fraction of sp³-hybridized carbons (Fsp3) is 0.515. The predicted octanol–water partition coefficient (Wildman–Crippen LogP) is 6.34. The van der Waals surface area contributed by atoms with Crippen molar-refractivity contribution in [3.63, 3.8) is 0 Å². The highest BCUT2D eigenvalue weighted by atomic mass is 32.1. The molecule has 218 valence electrons. The fourth-order valence-corrected chi connectivity index (χ4v) is 7.89. The summed E-state index contributed by atoms with van der Waals surface area (Å²) < 4.78 is 12.0. The molecule has 8 heteroatoms. The van der Waals surface area contributed by atoms with Crippen LogP contribution in [-0.4, -0.2) is 60.4 Å². The first-order valence-electron chi connectivity index (χ1n) is 14.8. The van der Waals surface area contributed by atoms with Crippen molar-refractivity contribution in [3.8, 4) is 17.0 Å². The Morgan fingerprint density at radius 2 is 2.02 bits per heavy atom. The van der Waals surface area contributed by atoms with E-state index < -0.39 is 5.97 Å². The third-order valence-corrected chi connectivity index (χ3v) is 10.6. The summed E-state index contributed by atoms with van der Waals surface area (Å²) in [5.41, 5.74) is 6.85. The highest BCUT2D eigenvalue weighted by Crippen LogP contribution is 2.52. The number of fused-ring (bicyclic) bond motifs is 1. The molecular formula is C33H41N3O4S. The van der Waals surface area contributed by atoms with Crippen LogP contribution in [0, 0.1) is 31.1 Å². The van der Waals surface area contributed by atoms with Gasteiger partial charge in [-0.2, -0.15) is 0 Å². The molecule has 3 heterocycles. The molecule has 0 bridgehead atoms. The van der Waals surface area contributed by atoms with E-state index in [1.54, 1.807) is 11.3 Å². The van der Waals surface area contributed by atoms with E-state index in [0.717, 1.165) is 79.9 Å². The van der Waals surface area contributed by atoms with Crippen molar-refractivity contribution in [2.24, 2.45) is 17.3 Å². The second kappa shape index (κ2) is 11.4. The topological polar surface area (TPSA) is 75.1 Å². The number of aliphatic carboxylic acids is 1. The van der Waals surface area contributed by atoms with Crippen LogP contribution < -0.4 is 9.64 Å². The highest BCUT2D eigenvalue weighted by Gasteiger charge is 2.53. The number of aromatic nitrogens is 1. The van der Waals surface area contributed by atoms with Crippen LogP contribution in [0.25, 0.3) is 11.3 Å². The minimum absolute atomic E-state index is 0.0416. The number of rotatable bonds is 8. The molecule has 7 nitrogen and oxygen atoms in total. The SMILES string of the molecule is Cc1ccc(OCc2ccc(C(C)N3CCOCC3)cc2C)c(-c2csc(N3CC4C(C(=O)O)CCC4(C)C3)n2)c1. The van der Waals surface area contributed by atoms with E-state index in [1.165, 1.54) is 16.7 Å². The Hall–Kier alpha value is -2.94. The summed E-state index contributed by atoms with van der Waals surface area (Å²) in [6, 6.07) is 13.4. The first-order valence-corrected chi connectivity index (χ1v) is 15.7. The van der Waals surface area contributed by atoms with Gasteiger partial charge in [-0.3, -0.25) is 9.69 Å². The van der Waals surface area contributed by atoms with Gasteiger partial charge in [0.05, 0.1) is 24.8 Å². The Morgan fingerprint density at radius 1 is 1.22 bits per heavy atom. The summed E-state index contributed by atoms with van der Waals surface area (Å²) in [6.45, 7) is 14.5. The van der Waals surface area contributed by atoms with Gasteiger partial charge in [-0.25, -0.2) is 4.98 Å². The molecule has 2 aliphatic heterocycles. The summed E-state index contributed by atoms with van der Waals surface area (Å²) in [5, 5.41) is 12.8. The van der Waals surface area contributed by atoms with Crippen molar-refractivity contribution < 1.29 is 19.4 Å². The molecule has 3 aliphatic rings. The summed E-state index contributed by atoms with van der Waals surface area (Å²) in [7, 11) is 0. The molecule has 2 aromatic carbocycles. The smallest absolute Gasteiger partial charge is 0.306 e. The monoisotopic (exact) mass is 575 g/mol. The lowest BCUT2D eigenvalue weighted by Gasteiger charge is -2.32. The quantitative estimate of drug-likeness (QED) is 0.336. The normalized spacial score (nSPS) is 25.3. The first kappa shape index (κ1) is 28.2. The number of carbonyl (C=O) groups is 1. The standard InChI is InChI=1S/C33H41N3O4S/c1-21-5-8-30(40-18-25-7-6-24(16-22(25)2)23(3)35-11-13-39-14-12-35)27(15-21)29-19-41-32(34-29)36-17-28-26(31(37)38)9-10-33(28,4)20-36/h5-8,15-16,19,23,26,28H,9-14,17-18,20H2,1-4H3,(H,37,38). The van der Waals surface area contributed by atoms with Crippen LogP contribution in [0.1, 0.15) is 55.0 Å². The predicted molar refractivity (Wildman–Crippen MR) is 163 cm³/mol. The second-order valence-corrected chi connectivity index (χ2v) is 13.3. The number of anilines is 1. The fourth-order valence-electron chi connectivity index (χ4n) is 7.06. The lowest BCUT2D eigenvalue weighted by Crippen LogP contribution is -2.38. The Morgan fingerprint density at radius 3 is 2.78 bits per heavy atom. The summed E-state index contributed by atoms with van der Waals surface area (Å²) >= 11 is 1.64. The van der Waals surface area contributed by atoms with Crippen molar-refractivity contribution in [2.45, 2.75) is 53.2 Å². The van der Waals surface area contributed by atoms with Crippen LogP contribution in [-0.2, 0) is 16.1 Å². The number of morpholine rings is 1. The molecule has 41 heavy (non-hydrogen) atoms. The minimum atomic E-state index is -0.654. The van der Waals surface area contributed by atoms with E-state index >= 15 is 0 Å². The molecule has 3 fully saturated rings.